The van der Waals surface area contributed by atoms with Gasteiger partial charge in [-0.2, -0.15) is 19.6 Å². The standard InChI is InChI=1S/C18H23FN6O/c1-3-24(4-2)17-21-16(19)22-18(23-17)26-14-13-25(12-8-11-20)15-9-6-5-7-10-15/h5-7,9-10H,3-4,8,12-14H2,1-2H3. The van der Waals surface area contributed by atoms with Gasteiger partial charge in [0.25, 0.3) is 0 Å². The smallest absolute Gasteiger partial charge is 0.323 e. The van der Waals surface area contributed by atoms with Crippen molar-refractivity contribution in [1.82, 2.24) is 15.0 Å². The molecule has 0 fully saturated rings. The Morgan fingerprint density at radius 1 is 1.04 bits per heavy atom. The molecule has 0 spiro atoms. The van der Waals surface area contributed by atoms with Gasteiger partial charge in [-0.25, -0.2) is 0 Å². The van der Waals surface area contributed by atoms with Crippen molar-refractivity contribution >= 4 is 11.6 Å². The van der Waals surface area contributed by atoms with Crippen molar-refractivity contribution in [3.63, 3.8) is 0 Å². The summed E-state index contributed by atoms with van der Waals surface area (Å²) < 4.78 is 19.2. The molecule has 0 saturated carbocycles. The van der Waals surface area contributed by atoms with Crippen LogP contribution in [0.3, 0.4) is 0 Å². The van der Waals surface area contributed by atoms with Gasteiger partial charge in [0.05, 0.1) is 19.0 Å². The maximum Gasteiger partial charge on any atom is 0.323 e. The van der Waals surface area contributed by atoms with E-state index in [2.05, 4.69) is 21.0 Å². The topological polar surface area (TPSA) is 78.2 Å². The summed E-state index contributed by atoms with van der Waals surface area (Å²) in [6.45, 7) is 6.59. The minimum absolute atomic E-state index is 0.0345. The second kappa shape index (κ2) is 10.1. The van der Waals surface area contributed by atoms with Gasteiger partial charge in [0, 0.05) is 25.3 Å². The second-order valence-corrected chi connectivity index (χ2v) is 5.44. The van der Waals surface area contributed by atoms with Crippen LogP contribution in [0.2, 0.25) is 0 Å². The van der Waals surface area contributed by atoms with E-state index in [0.717, 1.165) is 5.69 Å². The van der Waals surface area contributed by atoms with Crippen LogP contribution in [-0.2, 0) is 0 Å². The number of hydrogen-bond acceptors (Lipinski definition) is 7. The molecule has 8 heteroatoms. The van der Waals surface area contributed by atoms with Gasteiger partial charge in [-0.1, -0.05) is 18.2 Å². The van der Waals surface area contributed by atoms with E-state index in [1.54, 1.807) is 0 Å². The van der Waals surface area contributed by atoms with Gasteiger partial charge in [0.15, 0.2) is 0 Å². The predicted molar refractivity (Wildman–Crippen MR) is 97.7 cm³/mol. The molecule has 0 unspecified atom stereocenters. The van der Waals surface area contributed by atoms with Gasteiger partial charge in [-0.15, -0.1) is 4.98 Å². The molecule has 1 aromatic heterocycles. The minimum atomic E-state index is -0.860. The Balaban J connectivity index is 2.01. The molecule has 1 heterocycles. The molecule has 2 aromatic rings. The van der Waals surface area contributed by atoms with Crippen molar-refractivity contribution < 1.29 is 9.13 Å². The number of hydrogen-bond donors (Lipinski definition) is 0. The lowest BCUT2D eigenvalue weighted by atomic mass is 10.2. The van der Waals surface area contributed by atoms with Crippen molar-refractivity contribution in [2.45, 2.75) is 20.3 Å². The first-order valence-electron chi connectivity index (χ1n) is 8.64. The predicted octanol–water partition coefficient (Wildman–Crippen LogP) is 2.66. The average molecular weight is 358 g/mol. The number of ether oxygens (including phenoxy) is 1. The van der Waals surface area contributed by atoms with Gasteiger partial charge in [0.2, 0.25) is 5.95 Å². The summed E-state index contributed by atoms with van der Waals surface area (Å²) in [6.07, 6.45) is -0.456. The van der Waals surface area contributed by atoms with E-state index in [-0.39, 0.29) is 18.6 Å². The highest BCUT2D eigenvalue weighted by Gasteiger charge is 2.12. The van der Waals surface area contributed by atoms with Crippen LogP contribution in [0.25, 0.3) is 0 Å². The monoisotopic (exact) mass is 358 g/mol. The van der Waals surface area contributed by atoms with Crippen molar-refractivity contribution in [3.8, 4) is 12.1 Å². The molecule has 138 valence electrons. The first kappa shape index (κ1) is 19.4. The largest absolute Gasteiger partial charge is 0.461 e. The third-order valence-electron chi connectivity index (χ3n) is 3.83. The highest BCUT2D eigenvalue weighted by atomic mass is 19.1. The summed E-state index contributed by atoms with van der Waals surface area (Å²) in [4.78, 5) is 15.4. The normalized spacial score (nSPS) is 10.2. The number of para-hydroxylation sites is 1. The number of anilines is 2. The Morgan fingerprint density at radius 2 is 1.77 bits per heavy atom. The third kappa shape index (κ3) is 5.55. The van der Waals surface area contributed by atoms with E-state index in [9.17, 15) is 4.39 Å². The number of rotatable bonds is 10. The van der Waals surface area contributed by atoms with Crippen molar-refractivity contribution in [2.75, 3.05) is 42.6 Å². The van der Waals surface area contributed by atoms with Crippen molar-refractivity contribution in [3.05, 3.63) is 36.4 Å². The molecule has 26 heavy (non-hydrogen) atoms. The van der Waals surface area contributed by atoms with Gasteiger partial charge in [-0.3, -0.25) is 0 Å². The second-order valence-electron chi connectivity index (χ2n) is 5.44. The fourth-order valence-electron chi connectivity index (χ4n) is 2.48. The Morgan fingerprint density at radius 3 is 2.42 bits per heavy atom. The van der Waals surface area contributed by atoms with E-state index < -0.39 is 6.08 Å². The van der Waals surface area contributed by atoms with Gasteiger partial charge < -0.3 is 14.5 Å². The number of halogens is 1. The number of aromatic nitrogens is 3. The maximum atomic E-state index is 13.7. The summed E-state index contributed by atoms with van der Waals surface area (Å²) in [5, 5.41) is 8.84. The highest BCUT2D eigenvalue weighted by molar-refractivity contribution is 5.46. The zero-order valence-corrected chi connectivity index (χ0v) is 15.1. The molecular weight excluding hydrogens is 335 g/mol. The number of nitriles is 1. The van der Waals surface area contributed by atoms with Crippen LogP contribution in [0.5, 0.6) is 6.01 Å². The molecule has 0 radical (unpaired) electrons. The van der Waals surface area contributed by atoms with E-state index >= 15 is 0 Å². The molecule has 0 bridgehead atoms. The Hall–Kier alpha value is -2.95. The lowest BCUT2D eigenvalue weighted by Crippen LogP contribution is -2.30. The minimum Gasteiger partial charge on any atom is -0.461 e. The van der Waals surface area contributed by atoms with Crippen LogP contribution in [0.15, 0.2) is 30.3 Å². The van der Waals surface area contributed by atoms with E-state index in [1.165, 1.54) is 0 Å². The summed E-state index contributed by atoms with van der Waals surface area (Å²) in [6, 6.07) is 11.9. The number of nitrogens with zero attached hydrogens (tertiary/aromatic N) is 6. The van der Waals surface area contributed by atoms with Crippen LogP contribution in [0, 0.1) is 17.4 Å². The van der Waals surface area contributed by atoms with Crippen LogP contribution in [0.1, 0.15) is 20.3 Å². The quantitative estimate of drug-likeness (QED) is 0.646. The molecule has 0 aliphatic carbocycles. The Bertz CT molecular complexity index is 717. The Kier molecular flexibility index (Phi) is 7.55. The van der Waals surface area contributed by atoms with Crippen LogP contribution in [0.4, 0.5) is 16.0 Å². The third-order valence-corrected chi connectivity index (χ3v) is 3.83. The van der Waals surface area contributed by atoms with Crippen molar-refractivity contribution in [2.24, 2.45) is 0 Å². The SMILES string of the molecule is CCN(CC)c1nc(F)nc(OCCN(CCC#N)c2ccccc2)n1. The van der Waals surface area contributed by atoms with Gasteiger partial charge >= 0.3 is 12.1 Å². The molecule has 0 amide bonds. The molecule has 0 N–H and O–H groups in total. The van der Waals surface area contributed by atoms with E-state index in [4.69, 9.17) is 10.00 Å². The van der Waals surface area contributed by atoms with Crippen LogP contribution in [-0.4, -0.2) is 47.7 Å². The fourth-order valence-corrected chi connectivity index (χ4v) is 2.48. The summed E-state index contributed by atoms with van der Waals surface area (Å²) in [7, 11) is 0. The zero-order chi connectivity index (χ0) is 18.8. The molecule has 1 aromatic carbocycles. The van der Waals surface area contributed by atoms with Crippen LogP contribution >= 0.6 is 0 Å². The van der Waals surface area contributed by atoms with E-state index in [0.29, 0.717) is 32.6 Å². The molecule has 7 nitrogen and oxygen atoms in total. The molecular formula is C18H23FN6O. The average Bonchev–Trinajstić information content (AvgIpc) is 2.66. The molecule has 2 rings (SSSR count). The molecule has 0 saturated heterocycles. The lowest BCUT2D eigenvalue weighted by molar-refractivity contribution is 0.290. The number of benzene rings is 1. The zero-order valence-electron chi connectivity index (χ0n) is 15.1. The fraction of sp³-hybridized carbons (Fsp3) is 0.444. The van der Waals surface area contributed by atoms with Crippen LogP contribution < -0.4 is 14.5 Å². The van der Waals surface area contributed by atoms with Gasteiger partial charge in [0.1, 0.15) is 6.61 Å². The summed E-state index contributed by atoms with van der Waals surface area (Å²) in [5.41, 5.74) is 0.997. The summed E-state index contributed by atoms with van der Waals surface area (Å²) >= 11 is 0. The molecule has 0 aliphatic rings. The van der Waals surface area contributed by atoms with E-state index in [1.807, 2.05) is 54.0 Å². The maximum absolute atomic E-state index is 13.7. The van der Waals surface area contributed by atoms with Crippen molar-refractivity contribution in [1.29, 1.82) is 5.26 Å². The Labute approximate surface area is 153 Å². The lowest BCUT2D eigenvalue weighted by Gasteiger charge is -2.23. The van der Waals surface area contributed by atoms with Gasteiger partial charge in [-0.05, 0) is 26.0 Å². The first-order valence-corrected chi connectivity index (χ1v) is 8.64. The molecule has 0 aliphatic heterocycles. The highest BCUT2D eigenvalue weighted by Crippen LogP contribution is 2.14. The molecule has 0 atom stereocenters. The summed E-state index contributed by atoms with van der Waals surface area (Å²) in [5.74, 6) is 0.266. The first-order chi connectivity index (χ1) is 12.7.